The Morgan fingerprint density at radius 1 is 1.21 bits per heavy atom. The van der Waals surface area contributed by atoms with Gasteiger partial charge in [-0.05, 0) is 62.1 Å². The van der Waals surface area contributed by atoms with E-state index in [1.807, 2.05) is 35.9 Å². The van der Waals surface area contributed by atoms with Crippen LogP contribution < -0.4 is 10.1 Å². The summed E-state index contributed by atoms with van der Waals surface area (Å²) in [7, 11) is 0. The number of aromatic nitrogens is 3. The third-order valence-corrected chi connectivity index (χ3v) is 6.12. The summed E-state index contributed by atoms with van der Waals surface area (Å²) in [5, 5.41) is 3.58. The maximum Gasteiger partial charge on any atom is 0.257 e. The van der Waals surface area contributed by atoms with Crippen LogP contribution in [0.3, 0.4) is 0 Å². The molecule has 5 rings (SSSR count). The average molecular weight is 404 g/mol. The summed E-state index contributed by atoms with van der Waals surface area (Å²) >= 11 is 1.58. The number of carbonyl (C=O) groups excluding carboxylic acids is 1. The number of hydrogen-bond acceptors (Lipinski definition) is 5. The Hall–Kier alpha value is -3.19. The van der Waals surface area contributed by atoms with Crippen molar-refractivity contribution >= 4 is 28.0 Å². The number of hydrogen-bond donors (Lipinski definition) is 1. The molecular weight excluding hydrogens is 384 g/mol. The third kappa shape index (κ3) is 3.61. The molecule has 0 unspecified atom stereocenters. The summed E-state index contributed by atoms with van der Waals surface area (Å²) in [6.07, 6.45) is 7.19. The van der Waals surface area contributed by atoms with Crippen molar-refractivity contribution in [1.82, 2.24) is 14.4 Å². The first kappa shape index (κ1) is 17.9. The van der Waals surface area contributed by atoms with Gasteiger partial charge in [0.15, 0.2) is 5.13 Å². The van der Waals surface area contributed by atoms with Gasteiger partial charge < -0.3 is 9.14 Å². The number of aryl methyl sites for hydroxylation is 3. The van der Waals surface area contributed by atoms with Gasteiger partial charge in [0.05, 0.1) is 11.4 Å². The number of nitrogens with one attached hydrogen (secondary N) is 1. The van der Waals surface area contributed by atoms with E-state index in [4.69, 9.17) is 4.74 Å². The van der Waals surface area contributed by atoms with E-state index in [1.165, 1.54) is 11.3 Å². The first-order valence-electron chi connectivity index (χ1n) is 9.62. The number of carbonyl (C=O) groups is 1. The largest absolute Gasteiger partial charge is 0.487 e. The van der Waals surface area contributed by atoms with Crippen LogP contribution in [0.4, 0.5) is 5.13 Å². The van der Waals surface area contributed by atoms with Gasteiger partial charge in [-0.2, -0.15) is 0 Å². The predicted molar refractivity (Wildman–Crippen MR) is 113 cm³/mol. The number of fused-ring (bicyclic) bond motifs is 2. The highest BCUT2D eigenvalue weighted by Crippen LogP contribution is 2.30. The SMILES string of the molecule is Cc1cccn2cc(COc3ccc(C(=O)Nc4nc5c(s4)CCC5)cc3)nc12. The van der Waals surface area contributed by atoms with E-state index in [9.17, 15) is 4.79 Å². The minimum Gasteiger partial charge on any atom is -0.487 e. The van der Waals surface area contributed by atoms with Gasteiger partial charge in [-0.15, -0.1) is 11.3 Å². The highest BCUT2D eigenvalue weighted by molar-refractivity contribution is 7.16. The van der Waals surface area contributed by atoms with Gasteiger partial charge in [-0.25, -0.2) is 9.97 Å². The van der Waals surface area contributed by atoms with Crippen molar-refractivity contribution in [3.63, 3.8) is 0 Å². The number of amides is 1. The first-order chi connectivity index (χ1) is 14.2. The fourth-order valence-electron chi connectivity index (χ4n) is 3.55. The number of thiazole rings is 1. The highest BCUT2D eigenvalue weighted by Gasteiger charge is 2.18. The summed E-state index contributed by atoms with van der Waals surface area (Å²) in [5.74, 6) is 0.545. The van der Waals surface area contributed by atoms with Gasteiger partial charge in [0.2, 0.25) is 0 Å². The number of rotatable bonds is 5. The molecule has 146 valence electrons. The summed E-state index contributed by atoms with van der Waals surface area (Å²) in [4.78, 5) is 22.9. The van der Waals surface area contributed by atoms with E-state index in [0.29, 0.717) is 23.1 Å². The van der Waals surface area contributed by atoms with E-state index in [1.54, 1.807) is 35.6 Å². The molecule has 7 heteroatoms. The molecular formula is C22H20N4O2S. The molecule has 29 heavy (non-hydrogen) atoms. The van der Waals surface area contributed by atoms with E-state index < -0.39 is 0 Å². The van der Waals surface area contributed by atoms with Crippen molar-refractivity contribution in [3.8, 4) is 5.75 Å². The van der Waals surface area contributed by atoms with Crippen LogP contribution in [-0.4, -0.2) is 20.3 Å². The Bertz CT molecular complexity index is 1170. The molecule has 1 N–H and O–H groups in total. The molecule has 0 radical (unpaired) electrons. The van der Waals surface area contributed by atoms with Crippen LogP contribution in [0.2, 0.25) is 0 Å². The molecule has 0 bridgehead atoms. The number of nitrogens with zero attached hydrogens (tertiary/aromatic N) is 3. The highest BCUT2D eigenvalue weighted by atomic mass is 32.1. The van der Waals surface area contributed by atoms with Crippen molar-refractivity contribution in [2.24, 2.45) is 0 Å². The number of anilines is 1. The van der Waals surface area contributed by atoms with Gasteiger partial charge in [-0.1, -0.05) is 6.07 Å². The maximum atomic E-state index is 12.5. The van der Waals surface area contributed by atoms with E-state index in [0.717, 1.165) is 35.4 Å². The second-order valence-electron chi connectivity index (χ2n) is 7.16. The van der Waals surface area contributed by atoms with E-state index in [2.05, 4.69) is 15.3 Å². The van der Waals surface area contributed by atoms with Crippen LogP contribution in [0, 0.1) is 6.92 Å². The summed E-state index contributed by atoms with van der Waals surface area (Å²) < 4.78 is 7.83. The fraction of sp³-hybridized carbons (Fsp3) is 0.227. The lowest BCUT2D eigenvalue weighted by atomic mass is 10.2. The zero-order chi connectivity index (χ0) is 19.8. The molecule has 1 aliphatic carbocycles. The van der Waals surface area contributed by atoms with Crippen LogP contribution >= 0.6 is 11.3 Å². The van der Waals surface area contributed by atoms with Gasteiger partial charge in [0.25, 0.3) is 5.91 Å². The zero-order valence-electron chi connectivity index (χ0n) is 16.0. The molecule has 4 aromatic rings. The Kier molecular flexibility index (Phi) is 4.52. The lowest BCUT2D eigenvalue weighted by Crippen LogP contribution is -2.11. The lowest BCUT2D eigenvalue weighted by molar-refractivity contribution is 0.102. The monoisotopic (exact) mass is 404 g/mol. The minimum atomic E-state index is -0.153. The predicted octanol–water partition coefficient (Wildman–Crippen LogP) is 4.42. The van der Waals surface area contributed by atoms with Crippen molar-refractivity contribution in [2.45, 2.75) is 32.8 Å². The van der Waals surface area contributed by atoms with Crippen LogP contribution in [0.15, 0.2) is 48.8 Å². The molecule has 3 heterocycles. The van der Waals surface area contributed by atoms with Crippen LogP contribution in [0.1, 0.15) is 38.6 Å². The molecule has 0 aliphatic heterocycles. The maximum absolute atomic E-state index is 12.5. The summed E-state index contributed by atoms with van der Waals surface area (Å²) in [6.45, 7) is 2.41. The summed E-state index contributed by atoms with van der Waals surface area (Å²) in [5.41, 5.74) is 4.64. The lowest BCUT2D eigenvalue weighted by Gasteiger charge is -2.06. The van der Waals surface area contributed by atoms with Gasteiger partial charge in [0.1, 0.15) is 18.0 Å². The molecule has 0 atom stereocenters. The Labute approximate surface area is 172 Å². The molecule has 0 saturated heterocycles. The number of pyridine rings is 1. The standard InChI is InChI=1S/C22H20N4O2S/c1-14-4-3-11-26-12-16(23-20(14)26)13-28-17-9-7-15(8-10-17)21(27)25-22-24-18-5-2-6-19(18)29-22/h3-4,7-12H,2,5-6,13H2,1H3,(H,24,25,27). The topological polar surface area (TPSA) is 68.5 Å². The molecule has 6 nitrogen and oxygen atoms in total. The molecule has 0 saturated carbocycles. The van der Waals surface area contributed by atoms with Crippen molar-refractivity contribution < 1.29 is 9.53 Å². The average Bonchev–Trinajstić information content (AvgIpc) is 3.42. The van der Waals surface area contributed by atoms with Gasteiger partial charge in [0, 0.05) is 22.8 Å². The second-order valence-corrected chi connectivity index (χ2v) is 8.25. The van der Waals surface area contributed by atoms with Crippen molar-refractivity contribution in [3.05, 3.63) is 76.2 Å². The normalized spacial score (nSPS) is 12.9. The molecule has 3 aromatic heterocycles. The quantitative estimate of drug-likeness (QED) is 0.535. The van der Waals surface area contributed by atoms with Crippen LogP contribution in [0.25, 0.3) is 5.65 Å². The molecule has 0 fully saturated rings. The molecule has 1 amide bonds. The summed E-state index contributed by atoms with van der Waals surface area (Å²) in [6, 6.07) is 11.2. The van der Waals surface area contributed by atoms with Crippen LogP contribution in [0.5, 0.6) is 5.75 Å². The smallest absolute Gasteiger partial charge is 0.257 e. The Balaban J connectivity index is 1.22. The van der Waals surface area contributed by atoms with E-state index in [-0.39, 0.29) is 5.91 Å². The first-order valence-corrected chi connectivity index (χ1v) is 10.4. The Morgan fingerprint density at radius 2 is 2.07 bits per heavy atom. The number of ether oxygens (including phenoxy) is 1. The number of benzene rings is 1. The van der Waals surface area contributed by atoms with Crippen LogP contribution in [-0.2, 0) is 19.4 Å². The van der Waals surface area contributed by atoms with Crippen molar-refractivity contribution in [1.29, 1.82) is 0 Å². The van der Waals surface area contributed by atoms with Crippen molar-refractivity contribution in [2.75, 3.05) is 5.32 Å². The molecule has 1 aliphatic rings. The minimum absolute atomic E-state index is 0.153. The Morgan fingerprint density at radius 3 is 2.86 bits per heavy atom. The zero-order valence-corrected chi connectivity index (χ0v) is 16.8. The molecule has 1 aromatic carbocycles. The van der Waals surface area contributed by atoms with E-state index >= 15 is 0 Å². The fourth-order valence-corrected chi connectivity index (χ4v) is 4.59. The number of imidazole rings is 1. The third-order valence-electron chi connectivity index (χ3n) is 5.05. The second kappa shape index (κ2) is 7.33. The van der Waals surface area contributed by atoms with Gasteiger partial charge in [-0.3, -0.25) is 10.1 Å². The van der Waals surface area contributed by atoms with Gasteiger partial charge >= 0.3 is 0 Å². The molecule has 0 spiro atoms.